The summed E-state index contributed by atoms with van der Waals surface area (Å²) in [7, 11) is -4.21. The van der Waals surface area contributed by atoms with Gasteiger partial charge in [-0.1, -0.05) is 35.1 Å². The first kappa shape index (κ1) is 26.3. The number of thiazole rings is 1. The van der Waals surface area contributed by atoms with Crippen LogP contribution in [0.4, 0.5) is 5.13 Å². The number of carbonyl (C=O) groups excluding carboxylic acids is 1. The number of aromatic nitrogens is 1. The van der Waals surface area contributed by atoms with Gasteiger partial charge in [0, 0.05) is 11.6 Å². The van der Waals surface area contributed by atoms with Crippen LogP contribution in [-0.2, 0) is 10.7 Å². The number of ether oxygens (including phenoxy) is 2. The molecule has 0 spiro atoms. The van der Waals surface area contributed by atoms with Gasteiger partial charge in [-0.25, -0.2) is 4.98 Å². The Kier molecular flexibility index (Phi) is 9.27. The van der Waals surface area contributed by atoms with Crippen LogP contribution < -0.4 is 14.8 Å². The Morgan fingerprint density at radius 3 is 2.53 bits per heavy atom. The Bertz CT molecular complexity index is 1140. The fraction of sp³-hybridized carbons (Fsp3) is 0.200. The lowest BCUT2D eigenvalue weighted by molar-refractivity contribution is 0.102. The van der Waals surface area contributed by atoms with Crippen molar-refractivity contribution in [3.05, 3.63) is 64.1 Å². The molecule has 3 aromatic rings. The second-order valence-corrected chi connectivity index (χ2v) is 10.2. The third kappa shape index (κ3) is 8.20. The Morgan fingerprint density at radius 2 is 1.91 bits per heavy atom. The van der Waals surface area contributed by atoms with E-state index in [0.717, 1.165) is 11.3 Å². The van der Waals surface area contributed by atoms with Crippen molar-refractivity contribution < 1.29 is 28.6 Å². The lowest BCUT2D eigenvalue weighted by Gasteiger charge is -2.14. The topological polar surface area (TPSA) is 118 Å². The molecule has 0 unspecified atom stereocenters. The van der Waals surface area contributed by atoms with E-state index in [-0.39, 0.29) is 28.6 Å². The minimum absolute atomic E-state index is 0. The smallest absolute Gasteiger partial charge is 0.329 e. The maximum absolute atomic E-state index is 12.7. The van der Waals surface area contributed by atoms with Crippen LogP contribution in [0.2, 0.25) is 4.34 Å². The van der Waals surface area contributed by atoms with Crippen molar-refractivity contribution in [1.82, 2.24) is 4.98 Å². The summed E-state index contributed by atoms with van der Waals surface area (Å²) in [4.78, 5) is 35.1. The highest BCUT2D eigenvalue weighted by molar-refractivity contribution is 8.93. The van der Waals surface area contributed by atoms with Gasteiger partial charge in [-0.2, -0.15) is 0 Å². The number of halogens is 2. The number of hydrogen-bond donors (Lipinski definition) is 3. The number of nitrogens with zero attached hydrogens (tertiary/aromatic N) is 1. The first-order chi connectivity index (χ1) is 14.6. The first-order valence-electron chi connectivity index (χ1n) is 9.13. The molecule has 0 aliphatic rings. The van der Waals surface area contributed by atoms with E-state index in [1.54, 1.807) is 30.3 Å². The molecule has 3 rings (SSSR count). The summed E-state index contributed by atoms with van der Waals surface area (Å²) in [5.41, 5.74) is 0.713. The first-order valence-corrected chi connectivity index (χ1v) is 12.1. The van der Waals surface area contributed by atoms with Crippen LogP contribution in [0.3, 0.4) is 0 Å². The van der Waals surface area contributed by atoms with Crippen molar-refractivity contribution in [3.63, 3.8) is 0 Å². The fourth-order valence-electron chi connectivity index (χ4n) is 2.66. The molecule has 2 aromatic carbocycles. The molecule has 12 heteroatoms. The van der Waals surface area contributed by atoms with Crippen molar-refractivity contribution in [3.8, 4) is 17.2 Å². The highest BCUT2D eigenvalue weighted by atomic mass is 79.9. The van der Waals surface area contributed by atoms with E-state index in [1.165, 1.54) is 18.3 Å². The van der Waals surface area contributed by atoms with Crippen molar-refractivity contribution in [2.45, 2.75) is 26.1 Å². The average molecular weight is 564 g/mol. The summed E-state index contributed by atoms with van der Waals surface area (Å²) in [6.45, 7) is 3.72. The molecular formula is C20H21BrClN2O6PS. The van der Waals surface area contributed by atoms with E-state index >= 15 is 0 Å². The monoisotopic (exact) mass is 562 g/mol. The van der Waals surface area contributed by atoms with Crippen LogP contribution in [0, 0.1) is 0 Å². The zero-order chi connectivity index (χ0) is 22.6. The van der Waals surface area contributed by atoms with Crippen LogP contribution in [0.25, 0.3) is 0 Å². The third-order valence-electron chi connectivity index (χ3n) is 3.73. The van der Waals surface area contributed by atoms with E-state index in [4.69, 9.17) is 21.1 Å². The molecule has 8 nitrogen and oxygen atoms in total. The van der Waals surface area contributed by atoms with Crippen LogP contribution in [0.1, 0.15) is 29.8 Å². The Morgan fingerprint density at radius 1 is 1.19 bits per heavy atom. The quantitative estimate of drug-likeness (QED) is 0.293. The van der Waals surface area contributed by atoms with Gasteiger partial charge in [-0.15, -0.1) is 17.0 Å². The molecule has 0 saturated heterocycles. The summed E-state index contributed by atoms with van der Waals surface area (Å²) in [5, 5.41) is 3.03. The molecule has 0 bridgehead atoms. The molecule has 0 aliphatic heterocycles. The molecule has 0 fully saturated rings. The highest BCUT2D eigenvalue weighted by Crippen LogP contribution is 2.40. The molecule has 32 heavy (non-hydrogen) atoms. The minimum Gasteiger partial charge on any atom is -0.491 e. The van der Waals surface area contributed by atoms with Crippen LogP contribution in [-0.4, -0.2) is 26.8 Å². The molecule has 0 radical (unpaired) electrons. The largest absolute Gasteiger partial charge is 0.491 e. The number of carbonyl (C=O) groups is 1. The highest BCUT2D eigenvalue weighted by Gasteiger charge is 2.16. The van der Waals surface area contributed by atoms with Crippen LogP contribution >= 0.6 is 47.5 Å². The van der Waals surface area contributed by atoms with Gasteiger partial charge in [0.2, 0.25) is 0 Å². The summed E-state index contributed by atoms with van der Waals surface area (Å²) < 4.78 is 23.3. The van der Waals surface area contributed by atoms with Crippen LogP contribution in [0.5, 0.6) is 17.2 Å². The Hall–Kier alpha value is -1.94. The van der Waals surface area contributed by atoms with E-state index in [9.17, 15) is 19.1 Å². The normalized spacial score (nSPS) is 11.1. The molecular weight excluding hydrogens is 543 g/mol. The third-order valence-corrected chi connectivity index (χ3v) is 5.54. The minimum atomic E-state index is -4.21. The predicted molar refractivity (Wildman–Crippen MR) is 130 cm³/mol. The van der Waals surface area contributed by atoms with Gasteiger partial charge < -0.3 is 19.3 Å². The maximum atomic E-state index is 12.7. The van der Waals surface area contributed by atoms with Gasteiger partial charge in [0.05, 0.1) is 18.5 Å². The lowest BCUT2D eigenvalue weighted by atomic mass is 10.2. The number of nitrogens with one attached hydrogen (secondary N) is 1. The SMILES string of the molecule is Br.CC(C)Oc1cc(Oc2cccc(CP(=O)(O)O)c2)cc(C(=O)Nc2ncc(Cl)s2)c1. The van der Waals surface area contributed by atoms with Gasteiger partial charge in [-0.3, -0.25) is 14.7 Å². The fourth-order valence-corrected chi connectivity index (χ4v) is 4.14. The van der Waals surface area contributed by atoms with Crippen molar-refractivity contribution >= 4 is 58.6 Å². The van der Waals surface area contributed by atoms with Crippen molar-refractivity contribution in [2.24, 2.45) is 0 Å². The second-order valence-electron chi connectivity index (χ2n) is 6.86. The molecule has 1 aromatic heterocycles. The van der Waals surface area contributed by atoms with Gasteiger partial charge >= 0.3 is 7.60 Å². The number of rotatable bonds is 8. The number of amides is 1. The average Bonchev–Trinajstić information content (AvgIpc) is 3.04. The van der Waals surface area contributed by atoms with Gasteiger partial charge in [0.25, 0.3) is 5.91 Å². The Labute approximate surface area is 204 Å². The molecule has 0 aliphatic carbocycles. The summed E-state index contributed by atoms with van der Waals surface area (Å²) in [6.07, 6.45) is 0.917. The molecule has 3 N–H and O–H groups in total. The lowest BCUT2D eigenvalue weighted by Crippen LogP contribution is -2.13. The zero-order valence-corrected chi connectivity index (χ0v) is 21.2. The molecule has 172 valence electrons. The van der Waals surface area contributed by atoms with Crippen LogP contribution in [0.15, 0.2) is 48.7 Å². The molecule has 1 heterocycles. The van der Waals surface area contributed by atoms with E-state index in [1.807, 2.05) is 13.8 Å². The molecule has 0 saturated carbocycles. The summed E-state index contributed by atoms with van der Waals surface area (Å²) in [6, 6.07) is 11.2. The molecule has 1 amide bonds. The van der Waals surface area contributed by atoms with E-state index < -0.39 is 19.7 Å². The van der Waals surface area contributed by atoms with Crippen molar-refractivity contribution in [1.29, 1.82) is 0 Å². The number of hydrogen-bond acceptors (Lipinski definition) is 6. The predicted octanol–water partition coefficient (Wildman–Crippen LogP) is 5.88. The maximum Gasteiger partial charge on any atom is 0.329 e. The Balaban J connectivity index is 0.00000363. The van der Waals surface area contributed by atoms with Crippen molar-refractivity contribution in [2.75, 3.05) is 5.32 Å². The van der Waals surface area contributed by atoms with Gasteiger partial charge in [-0.05, 0) is 43.7 Å². The number of anilines is 1. The standard InChI is InChI=1S/C20H20ClN2O6PS.BrH/c1-12(2)28-16-7-14(19(24)23-20-22-10-18(21)31-20)8-17(9-16)29-15-5-3-4-13(6-15)11-30(25,26)27;/h3-10,12H,11H2,1-2H3,(H,22,23,24)(H2,25,26,27);1H. The number of benzene rings is 2. The summed E-state index contributed by atoms with van der Waals surface area (Å²) in [5.74, 6) is 0.709. The van der Waals surface area contributed by atoms with E-state index in [0.29, 0.717) is 32.3 Å². The zero-order valence-electron chi connectivity index (χ0n) is 17.0. The van der Waals surface area contributed by atoms with Gasteiger partial charge in [0.15, 0.2) is 5.13 Å². The molecule has 0 atom stereocenters. The van der Waals surface area contributed by atoms with Gasteiger partial charge in [0.1, 0.15) is 21.6 Å². The second kappa shape index (κ2) is 11.3. The van der Waals surface area contributed by atoms with E-state index in [2.05, 4.69) is 10.3 Å². The summed E-state index contributed by atoms with van der Waals surface area (Å²) >= 11 is 6.99.